The molecule has 1 amide bonds. The molecule has 1 heterocycles. The minimum absolute atomic E-state index is 0.0587. The van der Waals surface area contributed by atoms with Gasteiger partial charge in [0.2, 0.25) is 5.54 Å². The molecule has 0 aliphatic heterocycles. The number of amides is 1. The third-order valence-corrected chi connectivity index (χ3v) is 5.07. The summed E-state index contributed by atoms with van der Waals surface area (Å²) in [4.78, 5) is 32.6. The number of rotatable bonds is 9. The Morgan fingerprint density at radius 2 is 1.93 bits per heavy atom. The van der Waals surface area contributed by atoms with Gasteiger partial charge in [0, 0.05) is 24.2 Å². The highest BCUT2D eigenvalue weighted by atomic mass is 32.2. The first-order valence-electron chi connectivity index (χ1n) is 9.13. The van der Waals surface area contributed by atoms with Gasteiger partial charge in [-0.15, -0.1) is 0 Å². The number of aromatic nitrogens is 2. The normalized spacial score (nSPS) is 13.4. The van der Waals surface area contributed by atoms with Crippen molar-refractivity contribution in [1.82, 2.24) is 15.3 Å². The summed E-state index contributed by atoms with van der Waals surface area (Å²) in [5.41, 5.74) is 5.37. The molecule has 0 aliphatic carbocycles. The molecule has 0 fully saturated rings. The summed E-state index contributed by atoms with van der Waals surface area (Å²) >= 11 is 1.34. The highest BCUT2D eigenvalue weighted by molar-refractivity contribution is 7.98. The molecule has 1 aromatic carbocycles. The number of methoxy groups -OCH3 is 1. The number of nitrogens with one attached hydrogen (secondary N) is 2. The quantitative estimate of drug-likeness (QED) is 0.419. The minimum Gasteiger partial charge on any atom is -0.497 e. The van der Waals surface area contributed by atoms with Crippen LogP contribution in [0.3, 0.4) is 0 Å². The van der Waals surface area contributed by atoms with Crippen LogP contribution in [0.4, 0.5) is 0 Å². The Balaban J connectivity index is 2.06. The monoisotopic (exact) mass is 420 g/mol. The van der Waals surface area contributed by atoms with Gasteiger partial charge in [-0.05, 0) is 38.5 Å². The zero-order chi connectivity index (χ0) is 21.5. The highest BCUT2D eigenvalue weighted by Gasteiger charge is 2.45. The van der Waals surface area contributed by atoms with Gasteiger partial charge in [0.15, 0.2) is 0 Å². The van der Waals surface area contributed by atoms with E-state index in [1.54, 1.807) is 52.5 Å². The maximum atomic E-state index is 12.9. The predicted molar refractivity (Wildman–Crippen MR) is 112 cm³/mol. The number of nitrogens with zero attached hydrogens (tertiary/aromatic N) is 1. The van der Waals surface area contributed by atoms with Crippen LogP contribution in [0.15, 0.2) is 36.8 Å². The molecule has 4 N–H and O–H groups in total. The van der Waals surface area contributed by atoms with E-state index in [1.165, 1.54) is 11.8 Å². The first kappa shape index (κ1) is 22.8. The molecule has 1 atom stereocenters. The third-order valence-electron chi connectivity index (χ3n) is 3.91. The fourth-order valence-electron chi connectivity index (χ4n) is 2.36. The van der Waals surface area contributed by atoms with Gasteiger partial charge in [-0.3, -0.25) is 4.79 Å². The van der Waals surface area contributed by atoms with Gasteiger partial charge in [-0.1, -0.05) is 12.1 Å². The van der Waals surface area contributed by atoms with Gasteiger partial charge >= 0.3 is 5.97 Å². The molecule has 0 saturated carbocycles. The summed E-state index contributed by atoms with van der Waals surface area (Å²) in [6.07, 6.45) is 3.32. The molecule has 0 saturated heterocycles. The van der Waals surface area contributed by atoms with Crippen LogP contribution in [0.25, 0.3) is 0 Å². The Hall–Kier alpha value is -2.52. The Morgan fingerprint density at radius 3 is 2.48 bits per heavy atom. The number of carbonyl (C=O) groups is 2. The molecule has 0 aliphatic rings. The third kappa shape index (κ3) is 6.79. The summed E-state index contributed by atoms with van der Waals surface area (Å²) in [6, 6.07) is 7.25. The van der Waals surface area contributed by atoms with E-state index >= 15 is 0 Å². The van der Waals surface area contributed by atoms with Crippen molar-refractivity contribution >= 4 is 23.6 Å². The van der Waals surface area contributed by atoms with E-state index in [4.69, 9.17) is 15.2 Å². The lowest BCUT2D eigenvalue weighted by atomic mass is 10.0. The zero-order valence-corrected chi connectivity index (χ0v) is 18.0. The second kappa shape index (κ2) is 9.80. The lowest BCUT2D eigenvalue weighted by Crippen LogP contribution is -2.62. The van der Waals surface area contributed by atoms with E-state index in [9.17, 15) is 9.59 Å². The topological polar surface area (TPSA) is 119 Å². The number of esters is 1. The number of aromatic amines is 1. The Kier molecular flexibility index (Phi) is 7.69. The van der Waals surface area contributed by atoms with Gasteiger partial charge < -0.3 is 25.5 Å². The van der Waals surface area contributed by atoms with E-state index in [1.807, 2.05) is 12.1 Å². The number of ether oxygens (including phenoxy) is 2. The molecule has 158 valence electrons. The fourth-order valence-corrected chi connectivity index (χ4v) is 3.40. The maximum Gasteiger partial charge on any atom is 0.337 e. The molecule has 0 radical (unpaired) electrons. The number of nitrogens with two attached hydrogens (primary N) is 1. The molecule has 2 rings (SSSR count). The van der Waals surface area contributed by atoms with Crippen molar-refractivity contribution in [3.63, 3.8) is 0 Å². The van der Waals surface area contributed by atoms with E-state index in [2.05, 4.69) is 15.3 Å². The first-order valence-corrected chi connectivity index (χ1v) is 10.3. The van der Waals surface area contributed by atoms with Crippen LogP contribution in [0.1, 0.15) is 32.0 Å². The molecular formula is C20H28N4O4S. The number of H-pyrrole nitrogens is 1. The maximum absolute atomic E-state index is 12.9. The van der Waals surface area contributed by atoms with Gasteiger partial charge in [0.1, 0.15) is 11.4 Å². The second-order valence-electron chi connectivity index (χ2n) is 7.56. The van der Waals surface area contributed by atoms with Crippen molar-refractivity contribution in [1.29, 1.82) is 0 Å². The van der Waals surface area contributed by atoms with Crippen molar-refractivity contribution in [2.75, 3.05) is 12.9 Å². The van der Waals surface area contributed by atoms with Crippen molar-refractivity contribution < 1.29 is 19.1 Å². The van der Waals surface area contributed by atoms with Gasteiger partial charge in [0.25, 0.3) is 5.91 Å². The number of carbonyl (C=O) groups excluding carboxylic acids is 2. The molecule has 0 spiro atoms. The number of thioether (sulfide) groups is 1. The van der Waals surface area contributed by atoms with Crippen LogP contribution in [-0.4, -0.2) is 45.8 Å². The standard InChI is InChI=1S/C20H28N4O4S/c1-19(2,3)28-18(26)20(21,12-29-11-15-10-22-13-24-15)17(25)23-9-14-5-7-16(27-4)8-6-14/h5-8,10,13H,9,11-12,21H2,1-4H3,(H,22,24)(H,23,25)/t20-/m1/s1. The smallest absolute Gasteiger partial charge is 0.337 e. The van der Waals surface area contributed by atoms with Crippen molar-refractivity contribution in [2.24, 2.45) is 5.73 Å². The first-order chi connectivity index (χ1) is 13.6. The van der Waals surface area contributed by atoms with Crippen LogP contribution in [0.5, 0.6) is 5.75 Å². The van der Waals surface area contributed by atoms with Gasteiger partial charge in [0.05, 0.1) is 19.1 Å². The van der Waals surface area contributed by atoms with E-state index < -0.39 is 23.0 Å². The summed E-state index contributed by atoms with van der Waals surface area (Å²) < 4.78 is 10.5. The number of benzene rings is 1. The summed E-state index contributed by atoms with van der Waals surface area (Å²) in [7, 11) is 1.58. The van der Waals surface area contributed by atoms with Crippen molar-refractivity contribution in [3.8, 4) is 5.75 Å². The average Bonchev–Trinajstić information content (AvgIpc) is 3.18. The second-order valence-corrected chi connectivity index (χ2v) is 8.54. The van der Waals surface area contributed by atoms with Crippen LogP contribution in [0.2, 0.25) is 0 Å². The molecule has 8 nitrogen and oxygen atoms in total. The van der Waals surface area contributed by atoms with E-state index in [-0.39, 0.29) is 12.3 Å². The van der Waals surface area contributed by atoms with Crippen LogP contribution >= 0.6 is 11.8 Å². The SMILES string of the molecule is COc1ccc(CNC(=O)[C@](N)(CSCc2c[nH]cn2)C(=O)OC(C)(C)C)cc1. The average molecular weight is 421 g/mol. The Bertz CT molecular complexity index is 803. The molecule has 0 bridgehead atoms. The van der Waals surface area contributed by atoms with Crippen LogP contribution in [-0.2, 0) is 26.6 Å². The summed E-state index contributed by atoms with van der Waals surface area (Å²) in [5, 5.41) is 2.75. The molecule has 0 unspecified atom stereocenters. The van der Waals surface area contributed by atoms with Crippen molar-refractivity contribution in [3.05, 3.63) is 48.0 Å². The molecule has 29 heavy (non-hydrogen) atoms. The van der Waals surface area contributed by atoms with Gasteiger partial charge in [-0.2, -0.15) is 11.8 Å². The molecular weight excluding hydrogens is 392 g/mol. The number of imidazole rings is 1. The fraction of sp³-hybridized carbons (Fsp3) is 0.450. The zero-order valence-electron chi connectivity index (χ0n) is 17.2. The van der Waals surface area contributed by atoms with Crippen molar-refractivity contribution in [2.45, 2.75) is 44.2 Å². The lowest BCUT2D eigenvalue weighted by Gasteiger charge is -2.30. The minimum atomic E-state index is -1.82. The van der Waals surface area contributed by atoms with Crippen LogP contribution < -0.4 is 15.8 Å². The van der Waals surface area contributed by atoms with E-state index in [0.29, 0.717) is 5.75 Å². The Labute approximate surface area is 174 Å². The number of hydrogen-bond donors (Lipinski definition) is 3. The van der Waals surface area contributed by atoms with E-state index in [0.717, 1.165) is 17.0 Å². The lowest BCUT2D eigenvalue weighted by molar-refractivity contribution is -0.163. The highest BCUT2D eigenvalue weighted by Crippen LogP contribution is 2.21. The Morgan fingerprint density at radius 1 is 1.24 bits per heavy atom. The molecule has 1 aromatic heterocycles. The molecule has 2 aromatic rings. The predicted octanol–water partition coefficient (Wildman–Crippen LogP) is 2.01. The number of hydrogen-bond acceptors (Lipinski definition) is 7. The summed E-state index contributed by atoms with van der Waals surface area (Å²) in [6.45, 7) is 5.43. The van der Waals surface area contributed by atoms with Gasteiger partial charge in [-0.25, -0.2) is 9.78 Å². The molecule has 9 heteroatoms. The summed E-state index contributed by atoms with van der Waals surface area (Å²) in [5.74, 6) is -0.0548. The van der Waals surface area contributed by atoms with Crippen LogP contribution in [0, 0.1) is 0 Å². The largest absolute Gasteiger partial charge is 0.497 e.